The molecule has 0 unspecified atom stereocenters. The molecule has 0 saturated heterocycles. The van der Waals surface area contributed by atoms with Crippen LogP contribution in [0.25, 0.3) is 0 Å². The zero-order valence-electron chi connectivity index (χ0n) is 18.8. The number of nitrogens with one attached hydrogen (secondary N) is 1. The van der Waals surface area contributed by atoms with E-state index in [0.717, 1.165) is 11.1 Å². The van der Waals surface area contributed by atoms with Crippen molar-refractivity contribution in [2.45, 2.75) is 44.6 Å². The second-order valence-electron chi connectivity index (χ2n) is 7.14. The van der Waals surface area contributed by atoms with Crippen LogP contribution in [0.3, 0.4) is 0 Å². The lowest BCUT2D eigenvalue weighted by molar-refractivity contribution is -0.121. The first-order valence-electron chi connectivity index (χ1n) is 10.4. The summed E-state index contributed by atoms with van der Waals surface area (Å²) < 4.78 is 37.1. The van der Waals surface area contributed by atoms with Crippen molar-refractivity contribution in [2.75, 3.05) is 27.3 Å². The Morgan fingerprint density at radius 3 is 2.16 bits per heavy atom. The van der Waals surface area contributed by atoms with Gasteiger partial charge in [-0.1, -0.05) is 32.0 Å². The lowest BCUT2D eigenvalue weighted by atomic mass is 10.1. The summed E-state index contributed by atoms with van der Waals surface area (Å²) in [6.07, 6.45) is 0.829. The van der Waals surface area contributed by atoms with Crippen LogP contribution in [-0.4, -0.2) is 45.9 Å². The van der Waals surface area contributed by atoms with Crippen LogP contribution in [0.4, 0.5) is 0 Å². The van der Waals surface area contributed by atoms with E-state index in [1.807, 2.05) is 39.0 Å². The standard InChI is InChI=1S/C23H32N2O5S/c1-6-25(7-2)31(27,28)20-12-8-18(9-13-20)10-15-23(26)24-17(3)19-11-14-21(29-4)22(16-19)30-5/h8-9,11-14,16-17H,6-7,10,15H2,1-5H3,(H,24,26)/t17-/m0/s1. The molecular formula is C23H32N2O5S. The Labute approximate surface area is 185 Å². The van der Waals surface area contributed by atoms with Gasteiger partial charge in [-0.2, -0.15) is 4.31 Å². The highest BCUT2D eigenvalue weighted by Crippen LogP contribution is 2.29. The molecule has 0 heterocycles. The quantitative estimate of drug-likeness (QED) is 0.568. The van der Waals surface area contributed by atoms with Gasteiger partial charge in [-0.25, -0.2) is 8.42 Å². The monoisotopic (exact) mass is 448 g/mol. The first-order valence-corrected chi connectivity index (χ1v) is 11.8. The van der Waals surface area contributed by atoms with Gasteiger partial charge in [-0.3, -0.25) is 4.79 Å². The zero-order valence-corrected chi connectivity index (χ0v) is 19.7. The number of benzene rings is 2. The van der Waals surface area contributed by atoms with Gasteiger partial charge in [0.25, 0.3) is 0 Å². The summed E-state index contributed by atoms with van der Waals surface area (Å²) >= 11 is 0. The van der Waals surface area contributed by atoms with E-state index in [2.05, 4.69) is 5.32 Å². The van der Waals surface area contributed by atoms with E-state index in [4.69, 9.17) is 9.47 Å². The lowest BCUT2D eigenvalue weighted by Gasteiger charge is -2.18. The van der Waals surface area contributed by atoms with Crippen molar-refractivity contribution in [1.29, 1.82) is 0 Å². The maximum absolute atomic E-state index is 12.6. The van der Waals surface area contributed by atoms with Crippen molar-refractivity contribution < 1.29 is 22.7 Å². The molecule has 2 aromatic rings. The van der Waals surface area contributed by atoms with Crippen molar-refractivity contribution in [3.63, 3.8) is 0 Å². The van der Waals surface area contributed by atoms with Gasteiger partial charge in [0.1, 0.15) is 0 Å². The molecule has 1 amide bonds. The topological polar surface area (TPSA) is 84.9 Å². The van der Waals surface area contributed by atoms with Crippen molar-refractivity contribution >= 4 is 15.9 Å². The predicted octanol–water partition coefficient (Wildman–Crippen LogP) is 3.54. The first kappa shape index (κ1) is 24.7. The summed E-state index contributed by atoms with van der Waals surface area (Å²) in [6, 6.07) is 12.1. The van der Waals surface area contributed by atoms with Crippen LogP contribution < -0.4 is 14.8 Å². The van der Waals surface area contributed by atoms with Gasteiger partial charge >= 0.3 is 0 Å². The molecule has 31 heavy (non-hydrogen) atoms. The molecule has 2 aromatic carbocycles. The third-order valence-electron chi connectivity index (χ3n) is 5.19. The smallest absolute Gasteiger partial charge is 0.243 e. The highest BCUT2D eigenvalue weighted by atomic mass is 32.2. The molecule has 7 nitrogen and oxygen atoms in total. The number of amides is 1. The highest BCUT2D eigenvalue weighted by Gasteiger charge is 2.21. The van der Waals surface area contributed by atoms with E-state index < -0.39 is 10.0 Å². The molecule has 8 heteroatoms. The van der Waals surface area contributed by atoms with Gasteiger partial charge in [0.15, 0.2) is 11.5 Å². The predicted molar refractivity (Wildman–Crippen MR) is 121 cm³/mol. The van der Waals surface area contributed by atoms with Gasteiger partial charge in [0.2, 0.25) is 15.9 Å². The van der Waals surface area contributed by atoms with Crippen molar-refractivity contribution in [2.24, 2.45) is 0 Å². The van der Waals surface area contributed by atoms with Crippen LogP contribution in [0.15, 0.2) is 47.4 Å². The largest absolute Gasteiger partial charge is 0.493 e. The van der Waals surface area contributed by atoms with Gasteiger partial charge in [-0.05, 0) is 48.7 Å². The average molecular weight is 449 g/mol. The Bertz CT molecular complexity index is 970. The minimum absolute atomic E-state index is 0.0814. The van der Waals surface area contributed by atoms with E-state index in [1.165, 1.54) is 4.31 Å². The number of hydrogen-bond acceptors (Lipinski definition) is 5. The summed E-state index contributed by atoms with van der Waals surface area (Å²) in [4.78, 5) is 12.7. The fourth-order valence-corrected chi connectivity index (χ4v) is 4.78. The van der Waals surface area contributed by atoms with E-state index in [1.54, 1.807) is 38.5 Å². The lowest BCUT2D eigenvalue weighted by Crippen LogP contribution is -2.30. The molecule has 0 spiro atoms. The summed E-state index contributed by atoms with van der Waals surface area (Å²) in [6.45, 7) is 6.40. The minimum Gasteiger partial charge on any atom is -0.493 e. The van der Waals surface area contributed by atoms with Gasteiger partial charge < -0.3 is 14.8 Å². The molecule has 1 atom stereocenters. The Balaban J connectivity index is 1.95. The number of carbonyl (C=O) groups excluding carboxylic acids is 1. The van der Waals surface area contributed by atoms with Crippen LogP contribution in [-0.2, 0) is 21.2 Å². The maximum atomic E-state index is 12.6. The fourth-order valence-electron chi connectivity index (χ4n) is 3.32. The molecule has 2 rings (SSSR count). The van der Waals surface area contributed by atoms with E-state index in [-0.39, 0.29) is 16.8 Å². The van der Waals surface area contributed by atoms with E-state index in [0.29, 0.717) is 37.4 Å². The van der Waals surface area contributed by atoms with E-state index >= 15 is 0 Å². The Kier molecular flexibility index (Phi) is 8.88. The minimum atomic E-state index is -3.47. The molecule has 0 aliphatic heterocycles. The number of sulfonamides is 1. The van der Waals surface area contributed by atoms with E-state index in [9.17, 15) is 13.2 Å². The van der Waals surface area contributed by atoms with Crippen LogP contribution in [0.2, 0.25) is 0 Å². The average Bonchev–Trinajstić information content (AvgIpc) is 2.78. The number of carbonyl (C=O) groups is 1. The summed E-state index contributed by atoms with van der Waals surface area (Å²) in [5.41, 5.74) is 1.82. The second kappa shape index (κ2) is 11.2. The number of aryl methyl sites for hydroxylation is 1. The number of nitrogens with zero attached hydrogens (tertiary/aromatic N) is 1. The van der Waals surface area contributed by atoms with Gasteiger partial charge in [0, 0.05) is 19.5 Å². The molecule has 0 bridgehead atoms. The van der Waals surface area contributed by atoms with Crippen molar-refractivity contribution in [3.05, 3.63) is 53.6 Å². The molecule has 0 aliphatic rings. The zero-order chi connectivity index (χ0) is 23.0. The second-order valence-corrected chi connectivity index (χ2v) is 9.07. The van der Waals surface area contributed by atoms with Crippen molar-refractivity contribution in [3.8, 4) is 11.5 Å². The van der Waals surface area contributed by atoms with Crippen LogP contribution in [0.5, 0.6) is 11.5 Å². The van der Waals surface area contributed by atoms with Crippen LogP contribution >= 0.6 is 0 Å². The number of hydrogen-bond donors (Lipinski definition) is 1. The summed E-state index contributed by atoms with van der Waals surface area (Å²) in [7, 11) is -0.321. The molecule has 0 radical (unpaired) electrons. The number of methoxy groups -OCH3 is 2. The number of ether oxygens (including phenoxy) is 2. The van der Waals surface area contributed by atoms with Gasteiger partial charge in [0.05, 0.1) is 25.2 Å². The SMILES string of the molecule is CCN(CC)S(=O)(=O)c1ccc(CCC(=O)N[C@@H](C)c2ccc(OC)c(OC)c2)cc1. The third kappa shape index (κ3) is 6.21. The normalized spacial score (nSPS) is 12.5. The Morgan fingerprint density at radius 1 is 1.00 bits per heavy atom. The highest BCUT2D eigenvalue weighted by molar-refractivity contribution is 7.89. The van der Waals surface area contributed by atoms with Crippen LogP contribution in [0, 0.1) is 0 Å². The molecule has 0 saturated carbocycles. The fraction of sp³-hybridized carbons (Fsp3) is 0.435. The Morgan fingerprint density at radius 2 is 1.61 bits per heavy atom. The van der Waals surface area contributed by atoms with Gasteiger partial charge in [-0.15, -0.1) is 0 Å². The number of rotatable bonds is 11. The molecular weight excluding hydrogens is 416 g/mol. The maximum Gasteiger partial charge on any atom is 0.243 e. The molecule has 0 aliphatic carbocycles. The first-order chi connectivity index (χ1) is 14.8. The third-order valence-corrected chi connectivity index (χ3v) is 7.26. The van der Waals surface area contributed by atoms with Crippen LogP contribution in [0.1, 0.15) is 44.4 Å². The molecule has 0 aromatic heterocycles. The van der Waals surface area contributed by atoms with Crippen molar-refractivity contribution in [1.82, 2.24) is 9.62 Å². The summed E-state index contributed by atoms with van der Waals surface area (Å²) in [5, 5.41) is 2.98. The molecule has 1 N–H and O–H groups in total. The Hall–Kier alpha value is -2.58. The molecule has 0 fully saturated rings. The molecule has 170 valence electrons. The summed E-state index contributed by atoms with van der Waals surface area (Å²) in [5.74, 6) is 1.17.